The number of fused-ring (bicyclic) bond motifs is 1. The predicted molar refractivity (Wildman–Crippen MR) is 74.2 cm³/mol. The third-order valence-corrected chi connectivity index (χ3v) is 2.95. The van der Waals surface area contributed by atoms with Gasteiger partial charge in [0, 0.05) is 5.39 Å². The first-order valence-corrected chi connectivity index (χ1v) is 6.24. The highest BCUT2D eigenvalue weighted by Gasteiger charge is 2.16. The SMILES string of the molecule is CCCCOc1ccc(B(O)O)c2ccccc12. The number of unbranched alkanes of at least 4 members (excludes halogenated alkanes) is 1. The Labute approximate surface area is 107 Å². The van der Waals surface area contributed by atoms with E-state index in [1.54, 1.807) is 12.1 Å². The van der Waals surface area contributed by atoms with Crippen molar-refractivity contribution in [1.82, 2.24) is 0 Å². The number of benzene rings is 2. The predicted octanol–water partition coefficient (Wildman–Crippen LogP) is 1.70. The van der Waals surface area contributed by atoms with Gasteiger partial charge in [0.1, 0.15) is 5.75 Å². The van der Waals surface area contributed by atoms with Gasteiger partial charge in [-0.3, -0.25) is 0 Å². The zero-order valence-electron chi connectivity index (χ0n) is 10.5. The average Bonchev–Trinajstić information content (AvgIpc) is 2.38. The van der Waals surface area contributed by atoms with Crippen LogP contribution >= 0.6 is 0 Å². The van der Waals surface area contributed by atoms with Gasteiger partial charge < -0.3 is 14.8 Å². The third kappa shape index (κ3) is 2.66. The molecule has 0 bridgehead atoms. The molecule has 0 aliphatic carbocycles. The summed E-state index contributed by atoms with van der Waals surface area (Å²) in [5.41, 5.74) is 0.508. The van der Waals surface area contributed by atoms with Gasteiger partial charge >= 0.3 is 7.12 Å². The Morgan fingerprint density at radius 2 is 1.78 bits per heavy atom. The number of hydrogen-bond acceptors (Lipinski definition) is 3. The second kappa shape index (κ2) is 5.89. The molecule has 0 aromatic heterocycles. The van der Waals surface area contributed by atoms with Crippen LogP contribution in [-0.4, -0.2) is 23.8 Å². The van der Waals surface area contributed by atoms with Crippen LogP contribution in [0.1, 0.15) is 19.8 Å². The van der Waals surface area contributed by atoms with Crippen molar-refractivity contribution in [1.29, 1.82) is 0 Å². The molecule has 0 amide bonds. The van der Waals surface area contributed by atoms with Gasteiger partial charge in [0.25, 0.3) is 0 Å². The zero-order chi connectivity index (χ0) is 13.0. The quantitative estimate of drug-likeness (QED) is 0.621. The van der Waals surface area contributed by atoms with E-state index >= 15 is 0 Å². The molecule has 0 fully saturated rings. The second-order valence-electron chi connectivity index (χ2n) is 4.27. The van der Waals surface area contributed by atoms with Crippen LogP contribution in [0.4, 0.5) is 0 Å². The standard InChI is InChI=1S/C14H17BO3/c1-2-3-10-18-14-9-8-13(15(16)17)11-6-4-5-7-12(11)14/h4-9,16-17H,2-3,10H2,1H3. The van der Waals surface area contributed by atoms with Crippen LogP contribution in [0.5, 0.6) is 5.75 Å². The second-order valence-corrected chi connectivity index (χ2v) is 4.27. The molecule has 0 saturated carbocycles. The molecular weight excluding hydrogens is 227 g/mol. The van der Waals surface area contributed by atoms with Crippen molar-refractivity contribution in [3.8, 4) is 5.75 Å². The van der Waals surface area contributed by atoms with E-state index in [2.05, 4.69) is 6.92 Å². The summed E-state index contributed by atoms with van der Waals surface area (Å²) in [6.45, 7) is 2.80. The van der Waals surface area contributed by atoms with Gasteiger partial charge in [0.2, 0.25) is 0 Å². The zero-order valence-corrected chi connectivity index (χ0v) is 10.5. The molecule has 0 saturated heterocycles. The summed E-state index contributed by atoms with van der Waals surface area (Å²) in [5.74, 6) is 0.795. The van der Waals surface area contributed by atoms with E-state index in [1.165, 1.54) is 0 Å². The highest BCUT2D eigenvalue weighted by molar-refractivity contribution is 6.62. The first-order valence-electron chi connectivity index (χ1n) is 6.24. The van der Waals surface area contributed by atoms with Gasteiger partial charge in [-0.05, 0) is 23.3 Å². The largest absolute Gasteiger partial charge is 0.493 e. The summed E-state index contributed by atoms with van der Waals surface area (Å²) in [5, 5.41) is 20.4. The summed E-state index contributed by atoms with van der Waals surface area (Å²) in [4.78, 5) is 0. The summed E-state index contributed by atoms with van der Waals surface area (Å²) >= 11 is 0. The van der Waals surface area contributed by atoms with Crippen LogP contribution in [0.25, 0.3) is 10.8 Å². The van der Waals surface area contributed by atoms with E-state index in [0.717, 1.165) is 29.4 Å². The van der Waals surface area contributed by atoms with Crippen molar-refractivity contribution in [3.63, 3.8) is 0 Å². The van der Waals surface area contributed by atoms with Crippen molar-refractivity contribution in [2.45, 2.75) is 19.8 Å². The van der Waals surface area contributed by atoms with E-state index in [0.29, 0.717) is 12.1 Å². The lowest BCUT2D eigenvalue weighted by Crippen LogP contribution is -2.30. The molecule has 2 aromatic rings. The molecule has 0 radical (unpaired) electrons. The van der Waals surface area contributed by atoms with E-state index < -0.39 is 7.12 Å². The van der Waals surface area contributed by atoms with E-state index in [-0.39, 0.29) is 0 Å². The maximum atomic E-state index is 9.34. The maximum Gasteiger partial charge on any atom is 0.489 e. The maximum absolute atomic E-state index is 9.34. The van der Waals surface area contributed by atoms with Crippen molar-refractivity contribution in [2.24, 2.45) is 0 Å². The molecule has 18 heavy (non-hydrogen) atoms. The van der Waals surface area contributed by atoms with E-state index in [1.807, 2.05) is 24.3 Å². The van der Waals surface area contributed by atoms with Crippen molar-refractivity contribution < 1.29 is 14.8 Å². The molecule has 2 aromatic carbocycles. The first kappa shape index (κ1) is 12.9. The van der Waals surface area contributed by atoms with Crippen molar-refractivity contribution in [3.05, 3.63) is 36.4 Å². The van der Waals surface area contributed by atoms with Crippen LogP contribution in [0, 0.1) is 0 Å². The van der Waals surface area contributed by atoms with Gasteiger partial charge in [-0.15, -0.1) is 0 Å². The van der Waals surface area contributed by atoms with Crippen molar-refractivity contribution >= 4 is 23.4 Å². The van der Waals surface area contributed by atoms with Crippen LogP contribution < -0.4 is 10.2 Å². The summed E-state index contributed by atoms with van der Waals surface area (Å²) in [6, 6.07) is 11.1. The molecule has 0 spiro atoms. The fraction of sp³-hybridized carbons (Fsp3) is 0.286. The van der Waals surface area contributed by atoms with Crippen LogP contribution in [0.2, 0.25) is 0 Å². The molecule has 0 aliphatic rings. The van der Waals surface area contributed by atoms with E-state index in [9.17, 15) is 10.0 Å². The molecule has 2 rings (SSSR count). The molecule has 0 heterocycles. The van der Waals surface area contributed by atoms with Crippen LogP contribution in [0.3, 0.4) is 0 Å². The Bertz CT molecular complexity index is 525. The monoisotopic (exact) mass is 244 g/mol. The molecule has 0 atom stereocenters. The summed E-state index contributed by atoms with van der Waals surface area (Å²) < 4.78 is 5.73. The normalized spacial score (nSPS) is 10.6. The van der Waals surface area contributed by atoms with Gasteiger partial charge in [0.05, 0.1) is 6.61 Å². The Balaban J connectivity index is 2.41. The summed E-state index contributed by atoms with van der Waals surface area (Å²) in [6.07, 6.45) is 2.10. The Hall–Kier alpha value is -1.52. The van der Waals surface area contributed by atoms with E-state index in [4.69, 9.17) is 4.74 Å². The molecule has 0 unspecified atom stereocenters. The topological polar surface area (TPSA) is 49.7 Å². The van der Waals surface area contributed by atoms with Crippen LogP contribution in [0.15, 0.2) is 36.4 Å². The van der Waals surface area contributed by atoms with Gasteiger partial charge in [-0.1, -0.05) is 43.7 Å². The number of ether oxygens (including phenoxy) is 1. The Morgan fingerprint density at radius 3 is 2.44 bits per heavy atom. The van der Waals surface area contributed by atoms with Gasteiger partial charge in [0.15, 0.2) is 0 Å². The average molecular weight is 244 g/mol. The smallest absolute Gasteiger partial charge is 0.489 e. The molecule has 94 valence electrons. The molecule has 4 heteroatoms. The Kier molecular flexibility index (Phi) is 4.23. The van der Waals surface area contributed by atoms with Gasteiger partial charge in [-0.2, -0.15) is 0 Å². The minimum absolute atomic E-state index is 0.508. The molecule has 3 nitrogen and oxygen atoms in total. The lowest BCUT2D eigenvalue weighted by atomic mass is 9.77. The molecule has 2 N–H and O–H groups in total. The first-order chi connectivity index (χ1) is 8.74. The van der Waals surface area contributed by atoms with Crippen LogP contribution in [-0.2, 0) is 0 Å². The minimum atomic E-state index is -1.46. The lowest BCUT2D eigenvalue weighted by molar-refractivity contribution is 0.313. The van der Waals surface area contributed by atoms with Crippen molar-refractivity contribution in [2.75, 3.05) is 6.61 Å². The third-order valence-electron chi connectivity index (χ3n) is 2.95. The fourth-order valence-corrected chi connectivity index (χ4v) is 1.97. The summed E-state index contributed by atoms with van der Waals surface area (Å²) in [7, 11) is -1.46. The highest BCUT2D eigenvalue weighted by atomic mass is 16.5. The lowest BCUT2D eigenvalue weighted by Gasteiger charge is -2.12. The minimum Gasteiger partial charge on any atom is -0.493 e. The molecular formula is C14H17BO3. The Morgan fingerprint density at radius 1 is 1.06 bits per heavy atom. The molecule has 0 aliphatic heterocycles. The fourth-order valence-electron chi connectivity index (χ4n) is 1.97. The van der Waals surface area contributed by atoms with Gasteiger partial charge in [-0.25, -0.2) is 0 Å². The number of hydrogen-bond donors (Lipinski definition) is 2. The number of rotatable bonds is 5. The highest BCUT2D eigenvalue weighted by Crippen LogP contribution is 2.24.